The van der Waals surface area contributed by atoms with Crippen LogP contribution in [-0.4, -0.2) is 55.8 Å². The Morgan fingerprint density at radius 1 is 1.35 bits per heavy atom. The Hall–Kier alpha value is -1.50. The first kappa shape index (κ1) is 13.5. The van der Waals surface area contributed by atoms with Gasteiger partial charge in [-0.15, -0.1) is 5.10 Å². The molecule has 0 amide bonds. The third-order valence-corrected chi connectivity index (χ3v) is 4.54. The Balaban J connectivity index is 1.49. The summed E-state index contributed by atoms with van der Waals surface area (Å²) in [5, 5.41) is 20.7. The Morgan fingerprint density at radius 2 is 2.15 bits per heavy atom. The van der Waals surface area contributed by atoms with E-state index in [0.717, 1.165) is 31.9 Å². The molecule has 0 unspecified atom stereocenters. The lowest BCUT2D eigenvalue weighted by molar-refractivity contribution is -0.142. The van der Waals surface area contributed by atoms with Gasteiger partial charge in [-0.1, -0.05) is 0 Å². The second kappa shape index (κ2) is 5.47. The first-order valence-corrected chi connectivity index (χ1v) is 7.33. The van der Waals surface area contributed by atoms with E-state index in [1.807, 2.05) is 6.92 Å². The number of carboxylic acids is 1. The number of nitrogens with zero attached hydrogens (tertiary/aromatic N) is 5. The lowest BCUT2D eigenvalue weighted by atomic mass is 9.92. The van der Waals surface area contributed by atoms with Gasteiger partial charge >= 0.3 is 5.97 Å². The number of aliphatic carboxylic acids is 1. The van der Waals surface area contributed by atoms with E-state index in [4.69, 9.17) is 0 Å². The van der Waals surface area contributed by atoms with Crippen LogP contribution in [0.1, 0.15) is 25.1 Å². The number of carbonyl (C=O) groups is 1. The summed E-state index contributed by atoms with van der Waals surface area (Å²) < 4.78 is 1.79. The van der Waals surface area contributed by atoms with E-state index in [2.05, 4.69) is 20.4 Å². The van der Waals surface area contributed by atoms with Gasteiger partial charge in [0.25, 0.3) is 0 Å². The molecular weight excluding hydrogens is 258 g/mol. The fraction of sp³-hybridized carbons (Fsp3) is 0.846. The van der Waals surface area contributed by atoms with Crippen molar-refractivity contribution in [3.05, 3.63) is 5.82 Å². The molecule has 0 aromatic carbocycles. The van der Waals surface area contributed by atoms with Crippen LogP contribution in [0.15, 0.2) is 0 Å². The summed E-state index contributed by atoms with van der Waals surface area (Å²) in [7, 11) is 0. The van der Waals surface area contributed by atoms with E-state index in [9.17, 15) is 9.90 Å². The van der Waals surface area contributed by atoms with Gasteiger partial charge in [0.1, 0.15) is 5.82 Å². The van der Waals surface area contributed by atoms with Crippen LogP contribution in [0, 0.1) is 24.7 Å². The van der Waals surface area contributed by atoms with Gasteiger partial charge in [-0.25, -0.2) is 4.68 Å². The molecule has 2 atom stereocenters. The predicted octanol–water partition coefficient (Wildman–Crippen LogP) is 0.414. The van der Waals surface area contributed by atoms with Crippen molar-refractivity contribution < 1.29 is 9.90 Å². The van der Waals surface area contributed by atoms with Gasteiger partial charge < -0.3 is 10.0 Å². The lowest BCUT2D eigenvalue weighted by Crippen LogP contribution is -2.25. The maximum absolute atomic E-state index is 11.3. The molecule has 0 radical (unpaired) electrons. The van der Waals surface area contributed by atoms with Crippen molar-refractivity contribution in [2.24, 2.45) is 17.8 Å². The molecule has 20 heavy (non-hydrogen) atoms. The van der Waals surface area contributed by atoms with Crippen molar-refractivity contribution in [2.45, 2.75) is 32.7 Å². The Morgan fingerprint density at radius 3 is 2.75 bits per heavy atom. The molecule has 1 aromatic rings. The zero-order chi connectivity index (χ0) is 14.1. The van der Waals surface area contributed by atoms with Gasteiger partial charge in [-0.3, -0.25) is 4.79 Å². The Labute approximate surface area is 117 Å². The minimum Gasteiger partial charge on any atom is -0.481 e. The topological polar surface area (TPSA) is 84.1 Å². The number of aryl methyl sites for hydroxylation is 2. The number of carboxylic acid groups (broad SMARTS) is 1. The van der Waals surface area contributed by atoms with Crippen LogP contribution < -0.4 is 0 Å². The molecule has 2 aliphatic rings. The molecule has 0 spiro atoms. The predicted molar refractivity (Wildman–Crippen MR) is 71.0 cm³/mol. The number of tetrazole rings is 1. The molecule has 2 heterocycles. The smallest absolute Gasteiger partial charge is 0.308 e. The Kier molecular flexibility index (Phi) is 3.69. The van der Waals surface area contributed by atoms with E-state index in [1.165, 1.54) is 12.8 Å². The van der Waals surface area contributed by atoms with Crippen molar-refractivity contribution in [1.82, 2.24) is 25.1 Å². The number of aromatic nitrogens is 4. The zero-order valence-corrected chi connectivity index (χ0v) is 11.8. The van der Waals surface area contributed by atoms with Crippen LogP contribution in [0.2, 0.25) is 0 Å². The minimum atomic E-state index is -0.624. The molecule has 1 aromatic heterocycles. The van der Waals surface area contributed by atoms with E-state index in [1.54, 1.807) is 4.68 Å². The van der Waals surface area contributed by atoms with Crippen LogP contribution in [0.25, 0.3) is 0 Å². The van der Waals surface area contributed by atoms with E-state index in [-0.39, 0.29) is 5.92 Å². The highest BCUT2D eigenvalue weighted by Crippen LogP contribution is 2.44. The molecule has 1 saturated heterocycles. The number of rotatable bonds is 6. The third-order valence-electron chi connectivity index (χ3n) is 4.54. The van der Waals surface area contributed by atoms with Crippen molar-refractivity contribution in [1.29, 1.82) is 0 Å². The minimum absolute atomic E-state index is 0.169. The van der Waals surface area contributed by atoms with Crippen molar-refractivity contribution in [3.63, 3.8) is 0 Å². The van der Waals surface area contributed by atoms with Crippen LogP contribution in [0.4, 0.5) is 0 Å². The second-order valence-electron chi connectivity index (χ2n) is 6.01. The summed E-state index contributed by atoms with van der Waals surface area (Å²) in [5.41, 5.74) is 0. The molecule has 110 valence electrons. The molecule has 1 aliphatic carbocycles. The molecule has 2 fully saturated rings. The van der Waals surface area contributed by atoms with E-state index >= 15 is 0 Å². The molecule has 7 nitrogen and oxygen atoms in total. The van der Waals surface area contributed by atoms with E-state index < -0.39 is 5.97 Å². The van der Waals surface area contributed by atoms with Gasteiger partial charge in [0.2, 0.25) is 0 Å². The number of hydrogen-bond donors (Lipinski definition) is 1. The van der Waals surface area contributed by atoms with Crippen LogP contribution in [-0.2, 0) is 11.3 Å². The van der Waals surface area contributed by atoms with Gasteiger partial charge in [-0.2, -0.15) is 0 Å². The van der Waals surface area contributed by atoms with Crippen molar-refractivity contribution >= 4 is 5.97 Å². The molecule has 1 aliphatic heterocycles. The molecule has 1 saturated carbocycles. The van der Waals surface area contributed by atoms with E-state index in [0.29, 0.717) is 18.4 Å². The summed E-state index contributed by atoms with van der Waals surface area (Å²) in [4.78, 5) is 13.6. The number of likely N-dealkylation sites (tertiary alicyclic amines) is 1. The molecule has 3 rings (SSSR count). The summed E-state index contributed by atoms with van der Waals surface area (Å²) in [6, 6.07) is 0. The standard InChI is InChI=1S/C13H21N5O2/c1-9-14-15-16-18(9)6-2-5-17-7-11(10-3-4-10)12(8-17)13(19)20/h10-12H,2-8H2,1H3,(H,19,20)/t11-,12+/m0/s1. The SMILES string of the molecule is Cc1nnnn1CCCN1C[C@@H](C(=O)O)[C@H](C2CC2)C1. The highest BCUT2D eigenvalue weighted by molar-refractivity contribution is 5.71. The summed E-state index contributed by atoms with van der Waals surface area (Å²) in [6.07, 6.45) is 3.38. The number of hydrogen-bond acceptors (Lipinski definition) is 5. The third kappa shape index (κ3) is 2.82. The fourth-order valence-corrected chi connectivity index (χ4v) is 3.26. The van der Waals surface area contributed by atoms with Gasteiger partial charge in [0, 0.05) is 19.6 Å². The normalized spacial score (nSPS) is 27.1. The highest BCUT2D eigenvalue weighted by atomic mass is 16.4. The molecule has 0 bridgehead atoms. The maximum Gasteiger partial charge on any atom is 0.308 e. The zero-order valence-electron chi connectivity index (χ0n) is 11.8. The summed E-state index contributed by atoms with van der Waals surface area (Å²) >= 11 is 0. The molecule has 1 N–H and O–H groups in total. The first-order valence-electron chi connectivity index (χ1n) is 7.33. The Bertz CT molecular complexity index is 485. The monoisotopic (exact) mass is 279 g/mol. The lowest BCUT2D eigenvalue weighted by Gasteiger charge is -2.15. The summed E-state index contributed by atoms with van der Waals surface area (Å²) in [6.45, 7) is 5.24. The first-order chi connectivity index (χ1) is 9.65. The van der Waals surface area contributed by atoms with Crippen molar-refractivity contribution in [3.8, 4) is 0 Å². The largest absolute Gasteiger partial charge is 0.481 e. The maximum atomic E-state index is 11.3. The van der Waals surface area contributed by atoms with Crippen LogP contribution >= 0.6 is 0 Å². The second-order valence-corrected chi connectivity index (χ2v) is 6.01. The molecule has 7 heteroatoms. The van der Waals surface area contributed by atoms with Crippen LogP contribution in [0.5, 0.6) is 0 Å². The van der Waals surface area contributed by atoms with Gasteiger partial charge in [0.05, 0.1) is 5.92 Å². The molecular formula is C13H21N5O2. The van der Waals surface area contributed by atoms with Crippen molar-refractivity contribution in [2.75, 3.05) is 19.6 Å². The highest BCUT2D eigenvalue weighted by Gasteiger charge is 2.45. The average molecular weight is 279 g/mol. The quantitative estimate of drug-likeness (QED) is 0.812. The van der Waals surface area contributed by atoms with Gasteiger partial charge in [-0.05, 0) is 55.0 Å². The van der Waals surface area contributed by atoms with Gasteiger partial charge in [0.15, 0.2) is 0 Å². The average Bonchev–Trinajstić information content (AvgIpc) is 3.04. The fourth-order valence-electron chi connectivity index (χ4n) is 3.26. The summed E-state index contributed by atoms with van der Waals surface area (Å²) in [5.74, 6) is 1.05. The van der Waals surface area contributed by atoms with Crippen LogP contribution in [0.3, 0.4) is 0 Å².